The summed E-state index contributed by atoms with van der Waals surface area (Å²) in [6.45, 7) is 1.45. The molecule has 0 atom stereocenters. The molecule has 0 radical (unpaired) electrons. The van der Waals surface area contributed by atoms with Gasteiger partial charge in [-0.05, 0) is 39.2 Å². The Balaban J connectivity index is 1.73. The number of amides is 2. The van der Waals surface area contributed by atoms with Gasteiger partial charge in [0, 0.05) is 58.5 Å². The van der Waals surface area contributed by atoms with Gasteiger partial charge in [0.15, 0.2) is 0 Å². The maximum atomic E-state index is 13.0. The molecular weight excluding hydrogens is 434 g/mol. The predicted molar refractivity (Wildman–Crippen MR) is 130 cm³/mol. The van der Waals surface area contributed by atoms with Crippen LogP contribution in [0.1, 0.15) is 17.5 Å². The Morgan fingerprint density at radius 3 is 2.47 bits per heavy atom. The number of fused-ring (bicyclic) bond motifs is 2. The number of nitro benzene ring substituents is 1. The smallest absolute Gasteiger partial charge is 0.271 e. The van der Waals surface area contributed by atoms with Crippen LogP contribution in [0.15, 0.2) is 54.9 Å². The van der Waals surface area contributed by atoms with Crippen LogP contribution >= 0.6 is 0 Å². The highest BCUT2D eigenvalue weighted by molar-refractivity contribution is 6.50. The highest BCUT2D eigenvalue weighted by Gasteiger charge is 2.35. The molecule has 0 spiro atoms. The van der Waals surface area contributed by atoms with Crippen LogP contribution < -0.4 is 5.32 Å². The number of hydrogen-bond donors (Lipinski definition) is 2. The van der Waals surface area contributed by atoms with Crippen molar-refractivity contribution in [1.29, 1.82) is 0 Å². The van der Waals surface area contributed by atoms with Crippen LogP contribution in [-0.4, -0.2) is 51.8 Å². The number of imide groups is 1. The van der Waals surface area contributed by atoms with E-state index in [0.717, 1.165) is 23.9 Å². The first kappa shape index (κ1) is 21.6. The number of aryl methyl sites for hydroxylation is 1. The lowest BCUT2D eigenvalue weighted by atomic mass is 9.95. The fourth-order valence-corrected chi connectivity index (χ4v) is 4.58. The van der Waals surface area contributed by atoms with Gasteiger partial charge in [-0.3, -0.25) is 25.0 Å². The quantitative estimate of drug-likeness (QED) is 0.250. The van der Waals surface area contributed by atoms with Crippen molar-refractivity contribution in [2.75, 3.05) is 20.6 Å². The van der Waals surface area contributed by atoms with Crippen LogP contribution in [0.3, 0.4) is 0 Å². The molecule has 2 N–H and O–H groups in total. The van der Waals surface area contributed by atoms with Crippen LogP contribution in [0.2, 0.25) is 0 Å². The Morgan fingerprint density at radius 1 is 1.00 bits per heavy atom. The summed E-state index contributed by atoms with van der Waals surface area (Å²) in [6, 6.07) is 12.2. The number of carbonyl (C=O) groups excluding carboxylic acids is 2. The standard InChI is InChI=1S/C25H23N5O4/c1-28(2)10-5-11-29-14-19(17-9-8-15(30(33)34)12-21(17)29)23-22(24(31)27-25(23)32)18-13-26-20-7-4-3-6-16(18)20/h3-4,6-9,12-14,26H,5,10-11H2,1-2H3,(H,27,31,32). The lowest BCUT2D eigenvalue weighted by molar-refractivity contribution is -0.384. The van der Waals surface area contributed by atoms with E-state index in [1.54, 1.807) is 12.3 Å². The molecule has 0 saturated carbocycles. The van der Waals surface area contributed by atoms with Crippen molar-refractivity contribution >= 4 is 50.5 Å². The fraction of sp³-hybridized carbons (Fsp3) is 0.200. The number of nitrogens with one attached hydrogen (secondary N) is 2. The van der Waals surface area contributed by atoms with Gasteiger partial charge in [-0.25, -0.2) is 0 Å². The Morgan fingerprint density at radius 2 is 1.74 bits per heavy atom. The van der Waals surface area contributed by atoms with E-state index in [2.05, 4.69) is 15.2 Å². The van der Waals surface area contributed by atoms with Gasteiger partial charge >= 0.3 is 0 Å². The maximum Gasteiger partial charge on any atom is 0.271 e. The number of benzene rings is 2. The van der Waals surface area contributed by atoms with E-state index >= 15 is 0 Å². The molecule has 0 fully saturated rings. The summed E-state index contributed by atoms with van der Waals surface area (Å²) in [4.78, 5) is 42.2. The number of nitro groups is 1. The Labute approximate surface area is 194 Å². The molecule has 0 bridgehead atoms. The topological polar surface area (TPSA) is 113 Å². The van der Waals surface area contributed by atoms with Crippen LogP contribution in [0, 0.1) is 10.1 Å². The first-order valence-electron chi connectivity index (χ1n) is 10.9. The molecule has 2 aromatic heterocycles. The van der Waals surface area contributed by atoms with Gasteiger partial charge in [0.1, 0.15) is 0 Å². The van der Waals surface area contributed by atoms with Crippen molar-refractivity contribution in [2.24, 2.45) is 0 Å². The number of H-pyrrole nitrogens is 1. The summed E-state index contributed by atoms with van der Waals surface area (Å²) in [6.07, 6.45) is 4.38. The minimum atomic E-state index is -0.476. The zero-order valence-corrected chi connectivity index (χ0v) is 18.8. The number of nitrogens with zero attached hydrogens (tertiary/aromatic N) is 3. The van der Waals surface area contributed by atoms with Gasteiger partial charge in [-0.2, -0.15) is 0 Å². The number of aromatic amines is 1. The lowest BCUT2D eigenvalue weighted by Crippen LogP contribution is -2.22. The summed E-state index contributed by atoms with van der Waals surface area (Å²) in [5, 5.41) is 15.4. The van der Waals surface area contributed by atoms with Crippen molar-refractivity contribution in [2.45, 2.75) is 13.0 Å². The third-order valence-electron chi connectivity index (χ3n) is 6.14. The van der Waals surface area contributed by atoms with E-state index in [0.29, 0.717) is 34.1 Å². The lowest BCUT2D eigenvalue weighted by Gasteiger charge is -2.10. The third kappa shape index (κ3) is 3.56. The molecule has 2 amide bonds. The monoisotopic (exact) mass is 457 g/mol. The molecule has 1 aliphatic rings. The van der Waals surface area contributed by atoms with Gasteiger partial charge in [-0.1, -0.05) is 18.2 Å². The van der Waals surface area contributed by atoms with Crippen molar-refractivity contribution < 1.29 is 14.5 Å². The largest absolute Gasteiger partial charge is 0.361 e. The van der Waals surface area contributed by atoms with Gasteiger partial charge in [0.05, 0.1) is 21.6 Å². The summed E-state index contributed by atoms with van der Waals surface area (Å²) >= 11 is 0. The highest BCUT2D eigenvalue weighted by atomic mass is 16.6. The summed E-state index contributed by atoms with van der Waals surface area (Å²) in [7, 11) is 3.97. The minimum Gasteiger partial charge on any atom is -0.361 e. The predicted octanol–water partition coefficient (Wildman–Crippen LogP) is 3.55. The van der Waals surface area contributed by atoms with Crippen LogP contribution in [0.5, 0.6) is 0 Å². The molecule has 9 nitrogen and oxygen atoms in total. The van der Waals surface area contributed by atoms with Gasteiger partial charge in [0.2, 0.25) is 0 Å². The van der Waals surface area contributed by atoms with E-state index in [1.807, 2.05) is 49.1 Å². The first-order chi connectivity index (χ1) is 16.3. The first-order valence-corrected chi connectivity index (χ1v) is 10.9. The van der Waals surface area contributed by atoms with E-state index < -0.39 is 16.7 Å². The van der Waals surface area contributed by atoms with Crippen LogP contribution in [-0.2, 0) is 16.1 Å². The second-order valence-corrected chi connectivity index (χ2v) is 8.63. The molecule has 0 aliphatic carbocycles. The summed E-state index contributed by atoms with van der Waals surface area (Å²) < 4.78 is 1.93. The molecule has 172 valence electrons. The minimum absolute atomic E-state index is 0.0243. The van der Waals surface area contributed by atoms with Gasteiger partial charge in [-0.15, -0.1) is 0 Å². The van der Waals surface area contributed by atoms with Gasteiger partial charge in [0.25, 0.3) is 17.5 Å². The van der Waals surface area contributed by atoms with Gasteiger partial charge < -0.3 is 14.5 Å². The number of hydrogen-bond acceptors (Lipinski definition) is 5. The SMILES string of the molecule is CN(C)CCCn1cc(C2=C(c3c[nH]c4ccccc34)C(=O)NC2=O)c2ccc([N+](=O)[O-])cc21. The zero-order valence-electron chi connectivity index (χ0n) is 18.8. The molecule has 5 rings (SSSR count). The summed E-state index contributed by atoms with van der Waals surface area (Å²) in [5.74, 6) is -0.934. The molecule has 0 saturated heterocycles. The number of carbonyl (C=O) groups is 2. The fourth-order valence-electron chi connectivity index (χ4n) is 4.58. The molecule has 4 aromatic rings. The van der Waals surface area contributed by atoms with Crippen molar-refractivity contribution in [1.82, 2.24) is 19.8 Å². The average Bonchev–Trinajstić information content (AvgIpc) is 3.46. The number of para-hydroxylation sites is 1. The normalized spacial score (nSPS) is 14.1. The number of non-ortho nitro benzene ring substituents is 1. The molecular formula is C25H23N5O4. The van der Waals surface area contributed by atoms with Crippen molar-refractivity contribution in [3.63, 3.8) is 0 Å². The van der Waals surface area contributed by atoms with E-state index in [4.69, 9.17) is 0 Å². The number of rotatable bonds is 7. The van der Waals surface area contributed by atoms with Crippen LogP contribution in [0.4, 0.5) is 5.69 Å². The molecule has 3 heterocycles. The highest BCUT2D eigenvalue weighted by Crippen LogP contribution is 2.39. The molecule has 1 aliphatic heterocycles. The molecule has 34 heavy (non-hydrogen) atoms. The van der Waals surface area contributed by atoms with Crippen molar-refractivity contribution in [3.05, 3.63) is 76.1 Å². The van der Waals surface area contributed by atoms with E-state index in [1.165, 1.54) is 12.1 Å². The molecule has 0 unspecified atom stereocenters. The Bertz CT molecular complexity index is 1510. The molecule has 9 heteroatoms. The summed E-state index contributed by atoms with van der Waals surface area (Å²) in [5.41, 5.74) is 3.29. The zero-order chi connectivity index (χ0) is 24.0. The second kappa shape index (κ2) is 8.27. The second-order valence-electron chi connectivity index (χ2n) is 8.63. The average molecular weight is 457 g/mol. The van der Waals surface area contributed by atoms with Crippen LogP contribution in [0.25, 0.3) is 33.0 Å². The Hall–Kier alpha value is -4.24. The Kier molecular flexibility index (Phi) is 5.25. The number of aromatic nitrogens is 2. The third-order valence-corrected chi connectivity index (χ3v) is 6.14. The van der Waals surface area contributed by atoms with E-state index in [9.17, 15) is 19.7 Å². The maximum absolute atomic E-state index is 13.0. The molecule has 2 aromatic carbocycles. The van der Waals surface area contributed by atoms with Crippen molar-refractivity contribution in [3.8, 4) is 0 Å². The van der Waals surface area contributed by atoms with E-state index in [-0.39, 0.29) is 11.3 Å².